The van der Waals surface area contributed by atoms with Gasteiger partial charge in [0.2, 0.25) is 5.88 Å². The molecule has 0 atom stereocenters. The van der Waals surface area contributed by atoms with Crippen LogP contribution in [0.4, 0.5) is 0 Å². The van der Waals surface area contributed by atoms with Crippen LogP contribution in [0, 0.1) is 0 Å². The maximum atomic E-state index is 12.9. The zero-order chi connectivity index (χ0) is 20.7. The SMILES string of the molecule is COc1nn(Cc2cc(=O)n3[nH]c(-c4ccccn4)cc3n2)c(=O)c2ccccc12. The predicted molar refractivity (Wildman–Crippen MR) is 111 cm³/mol. The quantitative estimate of drug-likeness (QED) is 0.493. The van der Waals surface area contributed by atoms with E-state index in [0.717, 1.165) is 0 Å². The lowest BCUT2D eigenvalue weighted by atomic mass is 10.2. The van der Waals surface area contributed by atoms with Gasteiger partial charge in [0.15, 0.2) is 5.65 Å². The van der Waals surface area contributed by atoms with Gasteiger partial charge in [0.05, 0.1) is 41.5 Å². The molecule has 4 heterocycles. The minimum absolute atomic E-state index is 0.0376. The summed E-state index contributed by atoms with van der Waals surface area (Å²) in [5, 5.41) is 8.41. The molecule has 0 aliphatic carbocycles. The molecule has 30 heavy (non-hydrogen) atoms. The molecule has 0 saturated carbocycles. The summed E-state index contributed by atoms with van der Waals surface area (Å²) in [6, 6.07) is 15.7. The Morgan fingerprint density at radius 2 is 1.83 bits per heavy atom. The topological polar surface area (TPSA) is 107 Å². The molecule has 0 amide bonds. The van der Waals surface area contributed by atoms with E-state index < -0.39 is 0 Å². The lowest BCUT2D eigenvalue weighted by Crippen LogP contribution is -2.26. The van der Waals surface area contributed by atoms with Gasteiger partial charge in [0.25, 0.3) is 11.1 Å². The van der Waals surface area contributed by atoms with Crippen molar-refractivity contribution in [3.8, 4) is 17.3 Å². The Balaban J connectivity index is 1.60. The van der Waals surface area contributed by atoms with Gasteiger partial charge in [0.1, 0.15) is 0 Å². The molecule has 148 valence electrons. The van der Waals surface area contributed by atoms with Gasteiger partial charge < -0.3 is 4.74 Å². The molecule has 9 heteroatoms. The molecule has 0 radical (unpaired) electrons. The lowest BCUT2D eigenvalue weighted by molar-refractivity contribution is 0.385. The second kappa shape index (κ2) is 6.96. The number of ether oxygens (including phenoxy) is 1. The van der Waals surface area contributed by atoms with Crippen molar-refractivity contribution in [2.24, 2.45) is 0 Å². The van der Waals surface area contributed by atoms with Crippen LogP contribution in [0.3, 0.4) is 0 Å². The summed E-state index contributed by atoms with van der Waals surface area (Å²) in [6.45, 7) is 0.0376. The van der Waals surface area contributed by atoms with Crippen LogP contribution in [0.1, 0.15) is 5.69 Å². The Kier molecular flexibility index (Phi) is 4.13. The maximum absolute atomic E-state index is 12.9. The van der Waals surface area contributed by atoms with Gasteiger partial charge in [-0.2, -0.15) is 0 Å². The van der Waals surface area contributed by atoms with Gasteiger partial charge in [-0.25, -0.2) is 14.2 Å². The van der Waals surface area contributed by atoms with E-state index >= 15 is 0 Å². The fourth-order valence-electron chi connectivity index (χ4n) is 3.39. The van der Waals surface area contributed by atoms with Crippen molar-refractivity contribution in [3.63, 3.8) is 0 Å². The third-order valence-corrected chi connectivity index (χ3v) is 4.78. The number of H-pyrrole nitrogens is 1. The minimum atomic E-state index is -0.294. The number of hydrogen-bond acceptors (Lipinski definition) is 6. The highest BCUT2D eigenvalue weighted by Gasteiger charge is 2.13. The van der Waals surface area contributed by atoms with Crippen molar-refractivity contribution in [1.29, 1.82) is 0 Å². The number of aromatic nitrogens is 6. The molecule has 4 aromatic heterocycles. The van der Waals surface area contributed by atoms with Crippen LogP contribution in [0.15, 0.2) is 70.4 Å². The highest BCUT2D eigenvalue weighted by Crippen LogP contribution is 2.20. The molecule has 0 bridgehead atoms. The Labute approximate surface area is 169 Å². The van der Waals surface area contributed by atoms with Crippen molar-refractivity contribution in [2.75, 3.05) is 7.11 Å². The average molecular weight is 400 g/mol. The Morgan fingerprint density at radius 3 is 2.60 bits per heavy atom. The largest absolute Gasteiger partial charge is 0.480 e. The Hall–Kier alpha value is -4.27. The summed E-state index contributed by atoms with van der Waals surface area (Å²) in [4.78, 5) is 34.2. The van der Waals surface area contributed by atoms with E-state index in [4.69, 9.17) is 4.74 Å². The van der Waals surface area contributed by atoms with Crippen LogP contribution in [-0.2, 0) is 6.54 Å². The van der Waals surface area contributed by atoms with Gasteiger partial charge in [-0.1, -0.05) is 18.2 Å². The number of nitrogens with one attached hydrogen (secondary N) is 1. The number of rotatable bonds is 4. The summed E-state index contributed by atoms with van der Waals surface area (Å²) in [7, 11) is 1.50. The third-order valence-electron chi connectivity index (χ3n) is 4.78. The molecule has 0 aliphatic rings. The molecule has 0 unspecified atom stereocenters. The zero-order valence-corrected chi connectivity index (χ0v) is 15.9. The first-order chi connectivity index (χ1) is 14.6. The smallest absolute Gasteiger partial charge is 0.275 e. The van der Waals surface area contributed by atoms with Gasteiger partial charge in [0, 0.05) is 18.3 Å². The molecule has 0 saturated heterocycles. The number of nitrogens with zero attached hydrogens (tertiary/aromatic N) is 5. The third kappa shape index (κ3) is 2.93. The van der Waals surface area contributed by atoms with Crippen LogP contribution in [0.25, 0.3) is 27.8 Å². The molecule has 9 nitrogen and oxygen atoms in total. The maximum Gasteiger partial charge on any atom is 0.275 e. The van der Waals surface area contributed by atoms with E-state index in [1.165, 1.54) is 22.4 Å². The van der Waals surface area contributed by atoms with E-state index in [1.54, 1.807) is 30.5 Å². The average Bonchev–Trinajstić information content (AvgIpc) is 3.21. The van der Waals surface area contributed by atoms with E-state index in [0.29, 0.717) is 39.4 Å². The molecule has 0 aliphatic heterocycles. The first kappa shape index (κ1) is 17.8. The van der Waals surface area contributed by atoms with Crippen molar-refractivity contribution in [3.05, 3.63) is 87.2 Å². The van der Waals surface area contributed by atoms with Crippen molar-refractivity contribution in [2.45, 2.75) is 6.54 Å². The van der Waals surface area contributed by atoms with Gasteiger partial charge in [-0.15, -0.1) is 5.10 Å². The van der Waals surface area contributed by atoms with Crippen LogP contribution < -0.4 is 15.9 Å². The molecule has 1 N–H and O–H groups in total. The number of hydrogen-bond donors (Lipinski definition) is 1. The first-order valence-electron chi connectivity index (χ1n) is 9.21. The van der Waals surface area contributed by atoms with E-state index in [1.807, 2.05) is 24.3 Å². The normalized spacial score (nSPS) is 11.2. The standard InChI is InChI=1S/C21H16N6O3/c1-30-20-14-6-2-3-7-15(14)21(29)26(25-20)12-13-10-19(28)27-18(23-13)11-17(24-27)16-8-4-5-9-22-16/h2-11,24H,12H2,1H3. The monoisotopic (exact) mass is 400 g/mol. The summed E-state index contributed by atoms with van der Waals surface area (Å²) in [5.74, 6) is 0.335. The predicted octanol–water partition coefficient (Wildman–Crippen LogP) is 1.85. The fraction of sp³-hybridized carbons (Fsp3) is 0.0952. The first-order valence-corrected chi connectivity index (χ1v) is 9.21. The highest BCUT2D eigenvalue weighted by atomic mass is 16.5. The van der Waals surface area contributed by atoms with Crippen molar-refractivity contribution < 1.29 is 4.74 Å². The summed E-state index contributed by atoms with van der Waals surface area (Å²) >= 11 is 0. The molecule has 1 aromatic carbocycles. The summed E-state index contributed by atoms with van der Waals surface area (Å²) in [5.41, 5.74) is 1.63. The van der Waals surface area contributed by atoms with Crippen LogP contribution in [0.5, 0.6) is 5.88 Å². The van der Waals surface area contributed by atoms with E-state index in [9.17, 15) is 9.59 Å². The van der Waals surface area contributed by atoms with Crippen molar-refractivity contribution >= 4 is 16.4 Å². The number of benzene rings is 1. The number of aromatic amines is 1. The minimum Gasteiger partial charge on any atom is -0.480 e. The second-order valence-corrected chi connectivity index (χ2v) is 6.68. The molecular formula is C21H16N6O3. The Bertz CT molecular complexity index is 1500. The molecule has 0 spiro atoms. The summed E-state index contributed by atoms with van der Waals surface area (Å²) in [6.07, 6.45) is 1.67. The highest BCUT2D eigenvalue weighted by molar-refractivity contribution is 5.85. The van der Waals surface area contributed by atoms with E-state index in [-0.39, 0.29) is 17.7 Å². The zero-order valence-electron chi connectivity index (χ0n) is 15.9. The van der Waals surface area contributed by atoms with Gasteiger partial charge in [-0.3, -0.25) is 19.7 Å². The lowest BCUT2D eigenvalue weighted by Gasteiger charge is -2.09. The van der Waals surface area contributed by atoms with Crippen LogP contribution in [-0.4, -0.2) is 36.5 Å². The number of fused-ring (bicyclic) bond motifs is 2. The van der Waals surface area contributed by atoms with E-state index in [2.05, 4.69) is 20.2 Å². The summed E-state index contributed by atoms with van der Waals surface area (Å²) < 4.78 is 7.93. The number of methoxy groups -OCH3 is 1. The van der Waals surface area contributed by atoms with Gasteiger partial charge in [-0.05, 0) is 24.3 Å². The molecule has 5 aromatic rings. The fourth-order valence-corrected chi connectivity index (χ4v) is 3.39. The van der Waals surface area contributed by atoms with Crippen LogP contribution in [0.2, 0.25) is 0 Å². The second-order valence-electron chi connectivity index (χ2n) is 6.68. The van der Waals surface area contributed by atoms with Crippen molar-refractivity contribution in [1.82, 2.24) is 29.4 Å². The van der Waals surface area contributed by atoms with Crippen LogP contribution >= 0.6 is 0 Å². The van der Waals surface area contributed by atoms with Gasteiger partial charge >= 0.3 is 0 Å². The molecule has 0 fully saturated rings. The molecular weight excluding hydrogens is 384 g/mol. The molecule has 5 rings (SSSR count). The number of pyridine rings is 1. The Morgan fingerprint density at radius 1 is 1.03 bits per heavy atom.